The van der Waals surface area contributed by atoms with Gasteiger partial charge >= 0.3 is 0 Å². The van der Waals surface area contributed by atoms with Gasteiger partial charge in [0.25, 0.3) is 5.91 Å². The van der Waals surface area contributed by atoms with Crippen LogP contribution in [0.3, 0.4) is 0 Å². The van der Waals surface area contributed by atoms with Crippen molar-refractivity contribution in [2.45, 2.75) is 26.6 Å². The first-order valence-electron chi connectivity index (χ1n) is 11.6. The lowest BCUT2D eigenvalue weighted by Crippen LogP contribution is -2.24. The highest BCUT2D eigenvalue weighted by Gasteiger charge is 2.13. The molecule has 0 bridgehead atoms. The van der Waals surface area contributed by atoms with Crippen LogP contribution in [0.25, 0.3) is 0 Å². The Balaban J connectivity index is 1.42. The Hall–Kier alpha value is -3.64. The Morgan fingerprint density at radius 1 is 0.971 bits per heavy atom. The van der Waals surface area contributed by atoms with Crippen molar-refractivity contribution in [3.63, 3.8) is 0 Å². The van der Waals surface area contributed by atoms with Gasteiger partial charge in [-0.2, -0.15) is 0 Å². The molecule has 3 aromatic carbocycles. The van der Waals surface area contributed by atoms with E-state index in [1.807, 2.05) is 66.7 Å². The van der Waals surface area contributed by atoms with Gasteiger partial charge < -0.3 is 15.0 Å². The summed E-state index contributed by atoms with van der Waals surface area (Å²) in [6.07, 6.45) is 3.47. The van der Waals surface area contributed by atoms with Gasteiger partial charge in [0.05, 0.1) is 0 Å². The van der Waals surface area contributed by atoms with Crippen molar-refractivity contribution in [1.29, 1.82) is 0 Å². The predicted molar refractivity (Wildman–Crippen MR) is 143 cm³/mol. The zero-order chi connectivity index (χ0) is 24.5. The van der Waals surface area contributed by atoms with Gasteiger partial charge in [-0.25, -0.2) is 0 Å². The number of nitrogens with one attached hydrogen (secondary N) is 1. The Morgan fingerprint density at radius 3 is 2.46 bits per heavy atom. The summed E-state index contributed by atoms with van der Waals surface area (Å²) in [5.74, 6) is 0.758. The fourth-order valence-corrected chi connectivity index (χ4v) is 4.16. The number of carbonyl (C=O) groups excluding carboxylic acids is 1. The Bertz CT molecular complexity index is 1230. The highest BCUT2D eigenvalue weighted by Crippen LogP contribution is 2.27. The van der Waals surface area contributed by atoms with Crippen LogP contribution in [0.15, 0.2) is 102 Å². The average Bonchev–Trinajstić information content (AvgIpc) is 2.91. The van der Waals surface area contributed by atoms with Gasteiger partial charge in [0.2, 0.25) is 0 Å². The smallest absolute Gasteiger partial charge is 0.251 e. The molecule has 5 nitrogen and oxygen atoms in total. The minimum absolute atomic E-state index is 0.105. The van der Waals surface area contributed by atoms with Crippen molar-refractivity contribution >= 4 is 27.5 Å². The van der Waals surface area contributed by atoms with Gasteiger partial charge in [-0.3, -0.25) is 9.78 Å². The number of benzene rings is 3. The third-order valence-electron chi connectivity index (χ3n) is 5.67. The van der Waals surface area contributed by atoms with E-state index in [1.54, 1.807) is 12.4 Å². The number of carbonyl (C=O) groups is 1. The van der Waals surface area contributed by atoms with Gasteiger partial charge in [0, 0.05) is 53.3 Å². The minimum Gasteiger partial charge on any atom is -0.489 e. The quantitative estimate of drug-likeness (QED) is 0.259. The van der Waals surface area contributed by atoms with Crippen LogP contribution in [0.4, 0.5) is 5.69 Å². The van der Waals surface area contributed by atoms with E-state index in [-0.39, 0.29) is 5.91 Å². The minimum atomic E-state index is -0.105. The fourth-order valence-electron chi connectivity index (χ4n) is 3.75. The van der Waals surface area contributed by atoms with Crippen LogP contribution in [-0.2, 0) is 19.7 Å². The lowest BCUT2D eigenvalue weighted by molar-refractivity contribution is 0.0951. The van der Waals surface area contributed by atoms with Gasteiger partial charge in [-0.05, 0) is 66.6 Å². The van der Waals surface area contributed by atoms with Gasteiger partial charge in [0.15, 0.2) is 0 Å². The van der Waals surface area contributed by atoms with Crippen molar-refractivity contribution in [3.05, 3.63) is 124 Å². The molecule has 1 heterocycles. The van der Waals surface area contributed by atoms with E-state index in [4.69, 9.17) is 4.74 Å². The first-order chi connectivity index (χ1) is 17.1. The van der Waals surface area contributed by atoms with Gasteiger partial charge in [-0.15, -0.1) is 0 Å². The summed E-state index contributed by atoms with van der Waals surface area (Å²) in [6.45, 7) is 4.59. The number of hydrogen-bond acceptors (Lipinski definition) is 4. The molecule has 0 aliphatic rings. The molecule has 0 spiro atoms. The van der Waals surface area contributed by atoms with E-state index in [0.29, 0.717) is 25.3 Å². The van der Waals surface area contributed by atoms with Crippen molar-refractivity contribution in [2.75, 3.05) is 11.4 Å². The van der Waals surface area contributed by atoms with Crippen LogP contribution in [0, 0.1) is 0 Å². The molecule has 4 rings (SSSR count). The van der Waals surface area contributed by atoms with E-state index >= 15 is 0 Å². The molecule has 4 aromatic rings. The molecule has 0 radical (unpaired) electrons. The topological polar surface area (TPSA) is 54.5 Å². The monoisotopic (exact) mass is 529 g/mol. The Labute approximate surface area is 214 Å². The number of rotatable bonds is 10. The Morgan fingerprint density at radius 2 is 1.74 bits per heavy atom. The first-order valence-corrected chi connectivity index (χ1v) is 12.4. The summed E-state index contributed by atoms with van der Waals surface area (Å²) < 4.78 is 7.18. The standard InChI is InChI=1S/C29H28BrN3O2/c1-2-33(20-25-17-26(30)12-15-28(25)35-21-22-7-4-3-5-8-22)27-13-10-24(11-14-27)29(34)32-19-23-9-6-16-31-18-23/h3-18H,2,19-21H2,1H3,(H,32,34). The van der Waals surface area contributed by atoms with Crippen molar-refractivity contribution in [1.82, 2.24) is 10.3 Å². The van der Waals surface area contributed by atoms with Gasteiger partial charge in [0.1, 0.15) is 12.4 Å². The van der Waals surface area contributed by atoms with E-state index in [0.717, 1.165) is 39.1 Å². The summed E-state index contributed by atoms with van der Waals surface area (Å²) in [7, 11) is 0. The molecule has 1 amide bonds. The zero-order valence-corrected chi connectivity index (χ0v) is 21.2. The van der Waals surface area contributed by atoms with Gasteiger partial charge in [-0.1, -0.05) is 52.3 Å². The normalized spacial score (nSPS) is 10.6. The van der Waals surface area contributed by atoms with E-state index in [2.05, 4.69) is 56.3 Å². The highest BCUT2D eigenvalue weighted by molar-refractivity contribution is 9.10. The summed E-state index contributed by atoms with van der Waals surface area (Å²) in [5, 5.41) is 2.94. The van der Waals surface area contributed by atoms with Crippen LogP contribution < -0.4 is 15.0 Å². The molecule has 35 heavy (non-hydrogen) atoms. The second-order valence-corrected chi connectivity index (χ2v) is 9.05. The maximum Gasteiger partial charge on any atom is 0.251 e. The summed E-state index contributed by atoms with van der Waals surface area (Å²) in [4.78, 5) is 18.9. The molecule has 0 unspecified atom stereocenters. The maximum absolute atomic E-state index is 12.6. The fraction of sp³-hybridized carbons (Fsp3) is 0.172. The summed E-state index contributed by atoms with van der Waals surface area (Å²) in [6, 6.07) is 27.8. The molecule has 0 fully saturated rings. The molecule has 1 N–H and O–H groups in total. The van der Waals surface area contributed by atoms with Crippen molar-refractivity contribution in [3.8, 4) is 5.75 Å². The largest absolute Gasteiger partial charge is 0.489 e. The number of amides is 1. The van der Waals surface area contributed by atoms with E-state index in [1.165, 1.54) is 0 Å². The van der Waals surface area contributed by atoms with Crippen LogP contribution in [0.2, 0.25) is 0 Å². The number of anilines is 1. The zero-order valence-electron chi connectivity index (χ0n) is 19.7. The molecular formula is C29H28BrN3O2. The number of nitrogens with zero attached hydrogens (tertiary/aromatic N) is 2. The molecule has 0 saturated carbocycles. The maximum atomic E-state index is 12.6. The van der Waals surface area contributed by atoms with E-state index in [9.17, 15) is 4.79 Å². The van der Waals surface area contributed by atoms with Crippen LogP contribution in [0.5, 0.6) is 5.75 Å². The Kier molecular flexibility index (Phi) is 8.52. The molecule has 178 valence electrons. The highest BCUT2D eigenvalue weighted by atomic mass is 79.9. The molecule has 0 atom stereocenters. The lowest BCUT2D eigenvalue weighted by atomic mass is 10.1. The number of aromatic nitrogens is 1. The number of ether oxygens (including phenoxy) is 1. The van der Waals surface area contributed by atoms with Crippen LogP contribution >= 0.6 is 15.9 Å². The molecular weight excluding hydrogens is 502 g/mol. The molecule has 0 aliphatic carbocycles. The van der Waals surface area contributed by atoms with Crippen LogP contribution in [0.1, 0.15) is 34.0 Å². The third-order valence-corrected chi connectivity index (χ3v) is 6.17. The van der Waals surface area contributed by atoms with Crippen molar-refractivity contribution < 1.29 is 9.53 Å². The molecule has 0 aliphatic heterocycles. The number of halogens is 1. The second-order valence-electron chi connectivity index (χ2n) is 8.13. The predicted octanol–water partition coefficient (Wildman–Crippen LogP) is 6.38. The lowest BCUT2D eigenvalue weighted by Gasteiger charge is -2.25. The average molecular weight is 530 g/mol. The van der Waals surface area contributed by atoms with Crippen molar-refractivity contribution in [2.24, 2.45) is 0 Å². The number of hydrogen-bond donors (Lipinski definition) is 1. The molecule has 1 aromatic heterocycles. The number of pyridine rings is 1. The third kappa shape index (κ3) is 6.93. The molecule has 6 heteroatoms. The SMILES string of the molecule is CCN(Cc1cc(Br)ccc1OCc1ccccc1)c1ccc(C(=O)NCc2cccnc2)cc1. The van der Waals surface area contributed by atoms with E-state index < -0.39 is 0 Å². The summed E-state index contributed by atoms with van der Waals surface area (Å²) >= 11 is 3.60. The second kappa shape index (κ2) is 12.2. The van der Waals surface area contributed by atoms with Crippen LogP contribution in [-0.4, -0.2) is 17.4 Å². The summed E-state index contributed by atoms with van der Waals surface area (Å²) in [5.41, 5.74) is 4.86. The first kappa shape index (κ1) is 24.5. The molecule has 0 saturated heterocycles.